The first-order chi connectivity index (χ1) is 17.8. The van der Waals surface area contributed by atoms with Gasteiger partial charge in [0.25, 0.3) is 0 Å². The predicted octanol–water partition coefficient (Wildman–Crippen LogP) is -0.549. The van der Waals surface area contributed by atoms with Gasteiger partial charge in [0.15, 0.2) is 0 Å². The van der Waals surface area contributed by atoms with E-state index in [0.29, 0.717) is 24.9 Å². The van der Waals surface area contributed by atoms with E-state index in [2.05, 4.69) is 16.0 Å². The Hall–Kier alpha value is -3.71. The quantitative estimate of drug-likeness (QED) is 0.118. The summed E-state index contributed by atoms with van der Waals surface area (Å²) in [4.78, 5) is 61.1. The van der Waals surface area contributed by atoms with Gasteiger partial charge in [0.1, 0.15) is 23.9 Å². The fourth-order valence-electron chi connectivity index (χ4n) is 3.64. The number of unbranched alkanes of at least 4 members (excludes halogenated alkanes) is 1. The molecule has 0 saturated carbocycles. The molecule has 0 aliphatic carbocycles. The van der Waals surface area contributed by atoms with Gasteiger partial charge in [-0.25, -0.2) is 4.79 Å². The van der Waals surface area contributed by atoms with Crippen LogP contribution in [0.4, 0.5) is 0 Å². The Morgan fingerprint density at radius 3 is 1.92 bits per heavy atom. The third kappa shape index (κ3) is 12.0. The molecule has 0 heterocycles. The van der Waals surface area contributed by atoms with Gasteiger partial charge in [0.2, 0.25) is 17.7 Å². The smallest absolute Gasteiger partial charge is 0.326 e. The number of aromatic hydroxyl groups is 1. The van der Waals surface area contributed by atoms with Crippen molar-refractivity contribution >= 4 is 29.7 Å². The fourth-order valence-corrected chi connectivity index (χ4v) is 3.64. The summed E-state index contributed by atoms with van der Waals surface area (Å²) in [7, 11) is 0. The molecule has 0 radical (unpaired) electrons. The molecule has 38 heavy (non-hydrogen) atoms. The zero-order chi connectivity index (χ0) is 28.8. The Morgan fingerprint density at radius 2 is 1.39 bits per heavy atom. The van der Waals surface area contributed by atoms with Crippen molar-refractivity contribution in [3.05, 3.63) is 29.8 Å². The van der Waals surface area contributed by atoms with E-state index in [1.54, 1.807) is 12.1 Å². The lowest BCUT2D eigenvalue weighted by atomic mass is 10.0. The standard InChI is InChI=1S/C25H39N5O8/c1-14(2)11-19(29-22(34)17(27)12-15-6-8-16(31)9-7-15)24(36)28-18(5-3-4-10-26)23(35)30-20(25(37)38)13-21(32)33/h6-9,14,17-20,31H,3-5,10-13,26-27H2,1-2H3,(H,28,36)(H,29,34)(H,30,35)(H,32,33)(H,37,38). The first kappa shape index (κ1) is 32.3. The maximum absolute atomic E-state index is 13.2. The van der Waals surface area contributed by atoms with Gasteiger partial charge in [-0.2, -0.15) is 0 Å². The van der Waals surface area contributed by atoms with Crippen LogP contribution in [0.25, 0.3) is 0 Å². The number of carboxylic acids is 2. The van der Waals surface area contributed by atoms with E-state index < -0.39 is 60.2 Å². The third-order valence-corrected chi connectivity index (χ3v) is 5.64. The monoisotopic (exact) mass is 537 g/mol. The van der Waals surface area contributed by atoms with Crippen LogP contribution in [0, 0.1) is 5.92 Å². The Labute approximate surface area is 221 Å². The zero-order valence-corrected chi connectivity index (χ0v) is 21.7. The van der Waals surface area contributed by atoms with Gasteiger partial charge in [-0.1, -0.05) is 26.0 Å². The second-order valence-corrected chi connectivity index (χ2v) is 9.51. The molecule has 0 saturated heterocycles. The number of nitrogens with one attached hydrogen (secondary N) is 3. The molecular weight excluding hydrogens is 498 g/mol. The highest BCUT2D eigenvalue weighted by Gasteiger charge is 2.31. The lowest BCUT2D eigenvalue weighted by Gasteiger charge is -2.26. The fraction of sp³-hybridized carbons (Fsp3) is 0.560. The van der Waals surface area contributed by atoms with E-state index in [1.165, 1.54) is 12.1 Å². The molecule has 1 aromatic rings. The average Bonchev–Trinajstić information content (AvgIpc) is 2.83. The van der Waals surface area contributed by atoms with E-state index in [1.807, 2.05) is 13.8 Å². The number of amides is 3. The van der Waals surface area contributed by atoms with E-state index >= 15 is 0 Å². The highest BCUT2D eigenvalue weighted by Crippen LogP contribution is 2.12. The second kappa shape index (κ2) is 16.2. The first-order valence-corrected chi connectivity index (χ1v) is 12.4. The number of phenols is 1. The maximum Gasteiger partial charge on any atom is 0.326 e. The normalized spacial score (nSPS) is 14.1. The van der Waals surface area contributed by atoms with Crippen LogP contribution in [-0.4, -0.2) is 75.7 Å². The Morgan fingerprint density at radius 1 is 0.842 bits per heavy atom. The molecule has 10 N–H and O–H groups in total. The number of phenolic OH excluding ortho intramolecular Hbond substituents is 1. The zero-order valence-electron chi connectivity index (χ0n) is 21.7. The second-order valence-electron chi connectivity index (χ2n) is 9.51. The number of carbonyl (C=O) groups excluding carboxylic acids is 3. The minimum absolute atomic E-state index is 0.0177. The molecule has 0 aliphatic heterocycles. The molecule has 4 atom stereocenters. The number of rotatable bonds is 17. The summed E-state index contributed by atoms with van der Waals surface area (Å²) >= 11 is 0. The van der Waals surface area contributed by atoms with Crippen molar-refractivity contribution in [3.63, 3.8) is 0 Å². The van der Waals surface area contributed by atoms with E-state index in [4.69, 9.17) is 16.6 Å². The largest absolute Gasteiger partial charge is 0.508 e. The van der Waals surface area contributed by atoms with Crippen LogP contribution in [0.1, 0.15) is 51.5 Å². The first-order valence-electron chi connectivity index (χ1n) is 12.4. The minimum atomic E-state index is -1.68. The van der Waals surface area contributed by atoms with Crippen LogP contribution in [0.3, 0.4) is 0 Å². The molecule has 0 aromatic heterocycles. The minimum Gasteiger partial charge on any atom is -0.508 e. The van der Waals surface area contributed by atoms with E-state index in [9.17, 15) is 34.2 Å². The summed E-state index contributed by atoms with van der Waals surface area (Å²) in [5.41, 5.74) is 12.3. The number of hydrogen-bond donors (Lipinski definition) is 8. The van der Waals surface area contributed by atoms with Gasteiger partial charge >= 0.3 is 11.9 Å². The van der Waals surface area contributed by atoms with Gasteiger partial charge in [0.05, 0.1) is 12.5 Å². The lowest BCUT2D eigenvalue weighted by Crippen LogP contribution is -2.57. The average molecular weight is 538 g/mol. The van der Waals surface area contributed by atoms with Crippen LogP contribution in [0.2, 0.25) is 0 Å². The number of nitrogens with two attached hydrogens (primary N) is 2. The van der Waals surface area contributed by atoms with Gasteiger partial charge in [-0.15, -0.1) is 0 Å². The summed E-state index contributed by atoms with van der Waals surface area (Å²) in [6.07, 6.45) is 0.649. The van der Waals surface area contributed by atoms with Crippen molar-refractivity contribution < 1.29 is 39.3 Å². The number of carboxylic acid groups (broad SMARTS) is 2. The maximum atomic E-state index is 13.2. The summed E-state index contributed by atoms with van der Waals surface area (Å²) in [5, 5.41) is 34.9. The van der Waals surface area contributed by atoms with Crippen LogP contribution in [0.15, 0.2) is 24.3 Å². The predicted molar refractivity (Wildman–Crippen MR) is 138 cm³/mol. The molecule has 0 spiro atoms. The van der Waals surface area contributed by atoms with Crippen molar-refractivity contribution in [3.8, 4) is 5.75 Å². The molecule has 13 nitrogen and oxygen atoms in total. The van der Waals surface area contributed by atoms with Gasteiger partial charge in [-0.05, 0) is 62.3 Å². The van der Waals surface area contributed by atoms with Gasteiger partial charge < -0.3 is 42.7 Å². The Balaban J connectivity index is 2.98. The van der Waals surface area contributed by atoms with Crippen molar-refractivity contribution in [1.82, 2.24) is 16.0 Å². The molecule has 0 fully saturated rings. The van der Waals surface area contributed by atoms with E-state index in [0.717, 1.165) is 0 Å². The molecule has 3 amide bonds. The Bertz CT molecular complexity index is 954. The van der Waals surface area contributed by atoms with Crippen LogP contribution in [-0.2, 0) is 30.4 Å². The van der Waals surface area contributed by atoms with Crippen molar-refractivity contribution in [1.29, 1.82) is 0 Å². The van der Waals surface area contributed by atoms with Crippen molar-refractivity contribution in [2.45, 2.75) is 76.5 Å². The topological polar surface area (TPSA) is 234 Å². The lowest BCUT2D eigenvalue weighted by molar-refractivity contribution is -0.147. The molecule has 0 bridgehead atoms. The molecule has 212 valence electrons. The highest BCUT2D eigenvalue weighted by molar-refractivity contribution is 5.94. The molecule has 1 rings (SSSR count). The molecule has 13 heteroatoms. The van der Waals surface area contributed by atoms with Crippen LogP contribution < -0.4 is 27.4 Å². The van der Waals surface area contributed by atoms with Crippen LogP contribution in [0.5, 0.6) is 5.75 Å². The van der Waals surface area contributed by atoms with Gasteiger partial charge in [0, 0.05) is 0 Å². The number of benzene rings is 1. The molecular formula is C25H39N5O8. The summed E-state index contributed by atoms with van der Waals surface area (Å²) < 4.78 is 0. The summed E-state index contributed by atoms with van der Waals surface area (Å²) in [6, 6.07) is 1.30. The van der Waals surface area contributed by atoms with Crippen LogP contribution >= 0.6 is 0 Å². The summed E-state index contributed by atoms with van der Waals surface area (Å²) in [5.74, 6) is -5.00. The third-order valence-electron chi connectivity index (χ3n) is 5.64. The number of hydrogen-bond acceptors (Lipinski definition) is 8. The SMILES string of the molecule is CC(C)CC(NC(=O)C(N)Cc1ccc(O)cc1)C(=O)NC(CCCCN)C(=O)NC(CC(=O)O)C(=O)O. The highest BCUT2D eigenvalue weighted by atomic mass is 16.4. The van der Waals surface area contributed by atoms with E-state index in [-0.39, 0.29) is 30.9 Å². The molecule has 0 aliphatic rings. The van der Waals surface area contributed by atoms with Gasteiger partial charge in [-0.3, -0.25) is 19.2 Å². The number of aliphatic carboxylic acids is 2. The molecule has 1 aromatic carbocycles. The van der Waals surface area contributed by atoms with Crippen molar-refractivity contribution in [2.24, 2.45) is 17.4 Å². The number of carbonyl (C=O) groups is 5. The molecule has 4 unspecified atom stereocenters. The Kier molecular flexibility index (Phi) is 13.8. The van der Waals surface area contributed by atoms with Crippen molar-refractivity contribution in [2.75, 3.05) is 6.54 Å². The summed E-state index contributed by atoms with van der Waals surface area (Å²) in [6.45, 7) is 4.03.